The number of phenols is 1. The molecule has 0 radical (unpaired) electrons. The molecule has 0 fully saturated rings. The third kappa shape index (κ3) is 2.67. The van der Waals surface area contributed by atoms with Crippen molar-refractivity contribution in [1.29, 1.82) is 0 Å². The lowest BCUT2D eigenvalue weighted by Gasteiger charge is -1.99. The molecule has 4 nitrogen and oxygen atoms in total. The van der Waals surface area contributed by atoms with Crippen LogP contribution < -0.4 is 0 Å². The highest BCUT2D eigenvalue weighted by molar-refractivity contribution is 6.13. The second-order valence-electron chi connectivity index (χ2n) is 3.73. The van der Waals surface area contributed by atoms with Crippen LogP contribution in [0, 0.1) is 0 Å². The van der Waals surface area contributed by atoms with E-state index in [1.165, 1.54) is 12.1 Å². The van der Waals surface area contributed by atoms with Crippen LogP contribution >= 0.6 is 0 Å². The van der Waals surface area contributed by atoms with Gasteiger partial charge in [-0.3, -0.25) is 4.79 Å². The summed E-state index contributed by atoms with van der Waals surface area (Å²) < 4.78 is 5.28. The molecule has 0 spiro atoms. The Morgan fingerprint density at radius 1 is 1.17 bits per heavy atom. The largest absolute Gasteiger partial charge is 0.508 e. The summed E-state index contributed by atoms with van der Waals surface area (Å²) in [5.74, 6) is 1.08. The van der Waals surface area contributed by atoms with Crippen molar-refractivity contribution in [2.75, 3.05) is 0 Å². The smallest absolute Gasteiger partial charge is 0.150 e. The zero-order valence-electron chi connectivity index (χ0n) is 9.54. The summed E-state index contributed by atoms with van der Waals surface area (Å²) in [6.07, 6.45) is 2.30. The third-order valence-electron chi connectivity index (χ3n) is 2.46. The van der Waals surface area contributed by atoms with Gasteiger partial charge in [0.15, 0.2) is 6.29 Å². The molecule has 0 saturated heterocycles. The highest BCUT2D eigenvalue weighted by atomic mass is 16.4. The first-order valence-corrected chi connectivity index (χ1v) is 5.39. The number of carbonyl (C=O) groups excluding carboxylic acids is 1. The molecule has 92 valence electrons. The Bertz CT molecular complexity index is 564. The van der Waals surface area contributed by atoms with Crippen LogP contribution in [-0.4, -0.2) is 16.5 Å². The van der Waals surface area contributed by atoms with Gasteiger partial charge in [0, 0.05) is 5.57 Å². The first-order chi connectivity index (χ1) is 8.72. The Morgan fingerprint density at radius 2 is 1.89 bits per heavy atom. The molecule has 0 saturated carbocycles. The van der Waals surface area contributed by atoms with Crippen LogP contribution in [0.25, 0.3) is 11.6 Å². The lowest BCUT2D eigenvalue weighted by molar-refractivity contribution is -0.103. The van der Waals surface area contributed by atoms with Crippen molar-refractivity contribution in [2.24, 2.45) is 0 Å². The van der Waals surface area contributed by atoms with Crippen LogP contribution in [0.3, 0.4) is 0 Å². The van der Waals surface area contributed by atoms with Crippen LogP contribution in [0.4, 0.5) is 0 Å². The Morgan fingerprint density at radius 3 is 2.44 bits per heavy atom. The van der Waals surface area contributed by atoms with Crippen molar-refractivity contribution in [3.05, 3.63) is 53.5 Å². The number of aldehydes is 1. The van der Waals surface area contributed by atoms with Crippen molar-refractivity contribution in [3.63, 3.8) is 0 Å². The molecule has 0 atom stereocenters. The highest BCUT2D eigenvalue weighted by Gasteiger charge is 2.04. The summed E-state index contributed by atoms with van der Waals surface area (Å²) in [7, 11) is 0. The van der Waals surface area contributed by atoms with E-state index in [0.29, 0.717) is 28.9 Å². The average Bonchev–Trinajstić information content (AvgIpc) is 2.85. The summed E-state index contributed by atoms with van der Waals surface area (Å²) in [5.41, 5.74) is 1.12. The average molecular weight is 244 g/mol. The molecule has 0 aliphatic carbocycles. The molecule has 0 bridgehead atoms. The van der Waals surface area contributed by atoms with Gasteiger partial charge >= 0.3 is 0 Å². The van der Waals surface area contributed by atoms with E-state index in [4.69, 9.17) is 9.52 Å². The van der Waals surface area contributed by atoms with Crippen LogP contribution in [0.1, 0.15) is 17.1 Å². The summed E-state index contributed by atoms with van der Waals surface area (Å²) in [6.45, 7) is -0.177. The van der Waals surface area contributed by atoms with Gasteiger partial charge in [-0.2, -0.15) is 0 Å². The van der Waals surface area contributed by atoms with Gasteiger partial charge in [-0.05, 0) is 35.9 Å². The zero-order chi connectivity index (χ0) is 13.0. The minimum absolute atomic E-state index is 0.143. The molecular weight excluding hydrogens is 232 g/mol. The molecule has 2 aromatic rings. The van der Waals surface area contributed by atoms with Crippen molar-refractivity contribution < 1.29 is 19.4 Å². The fourth-order valence-corrected chi connectivity index (χ4v) is 1.55. The number of aliphatic hydroxyl groups is 1. The fourth-order valence-electron chi connectivity index (χ4n) is 1.55. The predicted molar refractivity (Wildman–Crippen MR) is 66.7 cm³/mol. The van der Waals surface area contributed by atoms with Crippen LogP contribution in [0.15, 0.2) is 40.8 Å². The molecule has 4 heteroatoms. The quantitative estimate of drug-likeness (QED) is 0.639. The number of aliphatic hydroxyl groups excluding tert-OH is 1. The number of allylic oxidation sites excluding steroid dienone is 1. The maximum Gasteiger partial charge on any atom is 0.150 e. The number of benzene rings is 1. The highest BCUT2D eigenvalue weighted by Crippen LogP contribution is 2.20. The van der Waals surface area contributed by atoms with Crippen LogP contribution in [0.2, 0.25) is 0 Å². The lowest BCUT2D eigenvalue weighted by atomic mass is 10.1. The van der Waals surface area contributed by atoms with E-state index in [0.717, 1.165) is 0 Å². The maximum atomic E-state index is 11.0. The number of hydrogen-bond acceptors (Lipinski definition) is 4. The van der Waals surface area contributed by atoms with Crippen molar-refractivity contribution in [1.82, 2.24) is 0 Å². The molecule has 0 aliphatic rings. The van der Waals surface area contributed by atoms with E-state index in [1.54, 1.807) is 30.3 Å². The number of carbonyl (C=O) groups is 1. The second-order valence-corrected chi connectivity index (χ2v) is 3.73. The molecule has 2 N–H and O–H groups in total. The van der Waals surface area contributed by atoms with Gasteiger partial charge in [-0.1, -0.05) is 12.1 Å². The molecule has 1 aromatic heterocycles. The van der Waals surface area contributed by atoms with Crippen LogP contribution in [0.5, 0.6) is 5.75 Å². The molecule has 0 unspecified atom stereocenters. The second kappa shape index (κ2) is 5.33. The zero-order valence-corrected chi connectivity index (χ0v) is 9.54. The van der Waals surface area contributed by atoms with Gasteiger partial charge in [0.05, 0.1) is 0 Å². The number of furan rings is 1. The van der Waals surface area contributed by atoms with E-state index in [2.05, 4.69) is 0 Å². The van der Waals surface area contributed by atoms with Crippen LogP contribution in [-0.2, 0) is 11.4 Å². The van der Waals surface area contributed by atoms with Crippen molar-refractivity contribution in [3.8, 4) is 5.75 Å². The topological polar surface area (TPSA) is 70.7 Å². The van der Waals surface area contributed by atoms with Gasteiger partial charge in [0.25, 0.3) is 0 Å². The SMILES string of the molecule is O=CC(=Cc1ccc(CO)o1)c1ccc(O)cc1. The van der Waals surface area contributed by atoms with Gasteiger partial charge in [0.1, 0.15) is 23.9 Å². The normalized spacial score (nSPS) is 11.5. The van der Waals surface area contributed by atoms with E-state index >= 15 is 0 Å². The summed E-state index contributed by atoms with van der Waals surface area (Å²) in [4.78, 5) is 11.0. The molecular formula is C14H12O4. The standard InChI is InChI=1S/C14H12O4/c15-8-11(10-1-3-12(17)4-2-10)7-13-5-6-14(9-16)18-13/h1-8,16-17H,9H2. The van der Waals surface area contributed by atoms with Crippen molar-refractivity contribution >= 4 is 17.9 Å². The monoisotopic (exact) mass is 244 g/mol. The fraction of sp³-hybridized carbons (Fsp3) is 0.0714. The number of aromatic hydroxyl groups is 1. The number of phenolic OH excluding ortho intramolecular Hbond substituents is 1. The minimum Gasteiger partial charge on any atom is -0.508 e. The Balaban J connectivity index is 2.32. The Kier molecular flexibility index (Phi) is 3.60. The van der Waals surface area contributed by atoms with E-state index in [1.807, 2.05) is 0 Å². The minimum atomic E-state index is -0.177. The third-order valence-corrected chi connectivity index (χ3v) is 2.46. The van der Waals surface area contributed by atoms with Gasteiger partial charge < -0.3 is 14.6 Å². The number of rotatable bonds is 4. The van der Waals surface area contributed by atoms with E-state index < -0.39 is 0 Å². The predicted octanol–water partition coefficient (Wildman–Crippen LogP) is 2.22. The number of hydrogen-bond donors (Lipinski definition) is 2. The maximum absolute atomic E-state index is 11.0. The summed E-state index contributed by atoms with van der Waals surface area (Å²) in [6, 6.07) is 9.62. The van der Waals surface area contributed by atoms with Gasteiger partial charge in [-0.15, -0.1) is 0 Å². The Labute approximate surface area is 104 Å². The first kappa shape index (κ1) is 12.1. The lowest BCUT2D eigenvalue weighted by Crippen LogP contribution is -1.85. The van der Waals surface area contributed by atoms with E-state index in [9.17, 15) is 9.90 Å². The van der Waals surface area contributed by atoms with E-state index in [-0.39, 0.29) is 12.4 Å². The van der Waals surface area contributed by atoms with Crippen molar-refractivity contribution in [2.45, 2.75) is 6.61 Å². The molecule has 18 heavy (non-hydrogen) atoms. The molecule has 1 aromatic carbocycles. The van der Waals surface area contributed by atoms with Gasteiger partial charge in [0.2, 0.25) is 0 Å². The molecule has 0 amide bonds. The molecule has 1 heterocycles. The van der Waals surface area contributed by atoms with Gasteiger partial charge in [-0.25, -0.2) is 0 Å². The Hall–Kier alpha value is -2.33. The molecule has 2 rings (SSSR count). The summed E-state index contributed by atoms with van der Waals surface area (Å²) >= 11 is 0. The first-order valence-electron chi connectivity index (χ1n) is 5.39. The molecule has 0 aliphatic heterocycles. The summed E-state index contributed by atoms with van der Waals surface area (Å²) in [5, 5.41) is 18.1.